The van der Waals surface area contributed by atoms with E-state index in [9.17, 15) is 0 Å². The summed E-state index contributed by atoms with van der Waals surface area (Å²) in [6.45, 7) is 0. The fourth-order valence-electron chi connectivity index (χ4n) is 1.07. The first-order valence-electron chi connectivity index (χ1n) is 4.13. The highest BCUT2D eigenvalue weighted by atomic mass is 79.9. The normalized spacial score (nSPS) is 10.2. The Kier molecular flexibility index (Phi) is 4.93. The van der Waals surface area contributed by atoms with E-state index >= 15 is 0 Å². The predicted octanol–water partition coefficient (Wildman–Crippen LogP) is 4.17. The summed E-state index contributed by atoms with van der Waals surface area (Å²) in [6, 6.07) is 8.56. The Morgan fingerprint density at radius 2 is 1.67 bits per heavy atom. The Labute approximate surface area is 90.6 Å². The molecule has 1 aromatic rings. The highest BCUT2D eigenvalue weighted by Gasteiger charge is 1.92. The van der Waals surface area contributed by atoms with Crippen molar-refractivity contribution in [1.29, 1.82) is 0 Å². The molecule has 12 heavy (non-hydrogen) atoms. The molecule has 0 heterocycles. The highest BCUT2D eigenvalue weighted by molar-refractivity contribution is 9.10. The van der Waals surface area contributed by atoms with Crippen LogP contribution in [0.4, 0.5) is 0 Å². The van der Waals surface area contributed by atoms with Crippen LogP contribution < -0.4 is 0 Å². The van der Waals surface area contributed by atoms with E-state index in [1.54, 1.807) is 0 Å². The molecule has 66 valence electrons. The minimum atomic E-state index is 1.11. The monoisotopic (exact) mass is 290 g/mol. The van der Waals surface area contributed by atoms with Crippen LogP contribution in [0.15, 0.2) is 28.7 Å². The van der Waals surface area contributed by atoms with E-state index in [0.29, 0.717) is 0 Å². The molecule has 0 unspecified atom stereocenters. The van der Waals surface area contributed by atoms with Crippen molar-refractivity contribution in [3.8, 4) is 0 Å². The first-order valence-corrected chi connectivity index (χ1v) is 6.05. The van der Waals surface area contributed by atoms with Crippen LogP contribution in [0.3, 0.4) is 0 Å². The van der Waals surface area contributed by atoms with E-state index in [-0.39, 0.29) is 0 Å². The van der Waals surface area contributed by atoms with Crippen LogP contribution in [0, 0.1) is 0 Å². The topological polar surface area (TPSA) is 0 Å². The SMILES string of the molecule is BrCCCCc1ccc(Br)cc1. The molecule has 0 aliphatic carbocycles. The molecule has 0 N–H and O–H groups in total. The average Bonchev–Trinajstić information content (AvgIpc) is 2.09. The Morgan fingerprint density at radius 1 is 1.00 bits per heavy atom. The summed E-state index contributed by atoms with van der Waals surface area (Å²) in [6.07, 6.45) is 3.72. The number of halogens is 2. The highest BCUT2D eigenvalue weighted by Crippen LogP contribution is 2.12. The zero-order valence-electron chi connectivity index (χ0n) is 6.89. The maximum Gasteiger partial charge on any atom is 0.0175 e. The molecule has 0 atom stereocenters. The molecule has 2 heteroatoms. The second-order valence-electron chi connectivity index (χ2n) is 2.77. The van der Waals surface area contributed by atoms with Gasteiger partial charge in [-0.3, -0.25) is 0 Å². The number of hydrogen-bond acceptors (Lipinski definition) is 0. The van der Waals surface area contributed by atoms with Gasteiger partial charge >= 0.3 is 0 Å². The summed E-state index contributed by atoms with van der Waals surface area (Å²) in [4.78, 5) is 0. The van der Waals surface area contributed by atoms with Crippen LogP contribution in [-0.4, -0.2) is 5.33 Å². The van der Waals surface area contributed by atoms with Crippen molar-refractivity contribution >= 4 is 31.9 Å². The van der Waals surface area contributed by atoms with Crippen LogP contribution >= 0.6 is 31.9 Å². The maximum atomic E-state index is 3.43. The van der Waals surface area contributed by atoms with Gasteiger partial charge in [0.05, 0.1) is 0 Å². The van der Waals surface area contributed by atoms with E-state index in [0.717, 1.165) is 9.80 Å². The van der Waals surface area contributed by atoms with Crippen molar-refractivity contribution in [2.45, 2.75) is 19.3 Å². The number of benzene rings is 1. The van der Waals surface area contributed by atoms with Gasteiger partial charge in [-0.25, -0.2) is 0 Å². The predicted molar refractivity (Wildman–Crippen MR) is 60.9 cm³/mol. The van der Waals surface area contributed by atoms with Crippen molar-refractivity contribution in [3.05, 3.63) is 34.3 Å². The number of hydrogen-bond donors (Lipinski definition) is 0. The molecule has 0 fully saturated rings. The molecule has 0 nitrogen and oxygen atoms in total. The molecule has 0 saturated heterocycles. The van der Waals surface area contributed by atoms with Gasteiger partial charge in [0, 0.05) is 9.80 Å². The zero-order chi connectivity index (χ0) is 8.81. The first kappa shape index (κ1) is 10.3. The number of rotatable bonds is 4. The fraction of sp³-hybridized carbons (Fsp3) is 0.400. The van der Waals surface area contributed by atoms with Gasteiger partial charge in [0.2, 0.25) is 0 Å². The van der Waals surface area contributed by atoms with Crippen LogP contribution in [0.25, 0.3) is 0 Å². The number of aryl methyl sites for hydroxylation is 1. The lowest BCUT2D eigenvalue weighted by Gasteiger charge is -1.99. The lowest BCUT2D eigenvalue weighted by atomic mass is 10.1. The van der Waals surface area contributed by atoms with Crippen molar-refractivity contribution in [2.75, 3.05) is 5.33 Å². The molecule has 0 aliphatic rings. The molecule has 0 aliphatic heterocycles. The quantitative estimate of drug-likeness (QED) is 0.577. The van der Waals surface area contributed by atoms with Crippen molar-refractivity contribution in [3.63, 3.8) is 0 Å². The van der Waals surface area contributed by atoms with Gasteiger partial charge in [0.15, 0.2) is 0 Å². The molecule has 0 bridgehead atoms. The average molecular weight is 292 g/mol. The van der Waals surface area contributed by atoms with E-state index in [1.807, 2.05) is 0 Å². The zero-order valence-corrected chi connectivity index (χ0v) is 10.1. The summed E-state index contributed by atoms with van der Waals surface area (Å²) in [5.74, 6) is 0. The minimum absolute atomic E-state index is 1.11. The van der Waals surface area contributed by atoms with E-state index in [4.69, 9.17) is 0 Å². The third-order valence-corrected chi connectivity index (χ3v) is 2.85. The maximum absolute atomic E-state index is 3.43. The van der Waals surface area contributed by atoms with Crippen LogP contribution in [0.1, 0.15) is 18.4 Å². The van der Waals surface area contributed by atoms with Crippen molar-refractivity contribution in [2.24, 2.45) is 0 Å². The third kappa shape index (κ3) is 3.72. The van der Waals surface area contributed by atoms with Crippen molar-refractivity contribution < 1.29 is 0 Å². The molecular formula is C10H12Br2. The van der Waals surface area contributed by atoms with Gasteiger partial charge in [0.25, 0.3) is 0 Å². The number of alkyl halides is 1. The molecule has 0 saturated carbocycles. The third-order valence-electron chi connectivity index (χ3n) is 1.76. The standard InChI is InChI=1S/C10H12Br2/c11-8-2-1-3-9-4-6-10(12)7-5-9/h4-7H,1-3,8H2. The van der Waals surface area contributed by atoms with E-state index in [2.05, 4.69) is 56.1 Å². The van der Waals surface area contributed by atoms with Crippen LogP contribution in [-0.2, 0) is 6.42 Å². The molecule has 1 rings (SSSR count). The molecular weight excluding hydrogens is 280 g/mol. The Balaban J connectivity index is 2.37. The van der Waals surface area contributed by atoms with Gasteiger partial charge in [-0.15, -0.1) is 0 Å². The summed E-state index contributed by atoms with van der Waals surface area (Å²) in [5, 5.41) is 1.11. The van der Waals surface area contributed by atoms with Gasteiger partial charge in [-0.05, 0) is 37.0 Å². The van der Waals surface area contributed by atoms with Crippen LogP contribution in [0.2, 0.25) is 0 Å². The Morgan fingerprint density at radius 3 is 2.25 bits per heavy atom. The summed E-state index contributed by atoms with van der Waals surface area (Å²) in [5.41, 5.74) is 1.43. The Bertz CT molecular complexity index is 216. The van der Waals surface area contributed by atoms with Crippen molar-refractivity contribution in [1.82, 2.24) is 0 Å². The molecule has 0 amide bonds. The minimum Gasteiger partial charge on any atom is -0.0928 e. The van der Waals surface area contributed by atoms with Gasteiger partial charge in [-0.1, -0.05) is 44.0 Å². The molecule has 0 aromatic heterocycles. The van der Waals surface area contributed by atoms with Gasteiger partial charge in [-0.2, -0.15) is 0 Å². The second kappa shape index (κ2) is 5.76. The van der Waals surface area contributed by atoms with E-state index < -0.39 is 0 Å². The smallest absolute Gasteiger partial charge is 0.0175 e. The summed E-state index contributed by atoms with van der Waals surface area (Å²) < 4.78 is 1.16. The largest absolute Gasteiger partial charge is 0.0928 e. The first-order chi connectivity index (χ1) is 5.83. The number of unbranched alkanes of at least 4 members (excludes halogenated alkanes) is 1. The molecule has 1 aromatic carbocycles. The second-order valence-corrected chi connectivity index (χ2v) is 4.48. The fourth-order valence-corrected chi connectivity index (χ4v) is 1.74. The summed E-state index contributed by atoms with van der Waals surface area (Å²) >= 11 is 6.85. The lowest BCUT2D eigenvalue weighted by Crippen LogP contribution is -1.85. The lowest BCUT2D eigenvalue weighted by molar-refractivity contribution is 0.806. The Hall–Kier alpha value is 0.180. The molecule has 0 radical (unpaired) electrons. The summed E-state index contributed by atoms with van der Waals surface area (Å²) in [7, 11) is 0. The van der Waals surface area contributed by atoms with Gasteiger partial charge in [0.1, 0.15) is 0 Å². The van der Waals surface area contributed by atoms with Gasteiger partial charge < -0.3 is 0 Å². The van der Waals surface area contributed by atoms with Crippen LogP contribution in [0.5, 0.6) is 0 Å². The molecule has 0 spiro atoms. The van der Waals surface area contributed by atoms with E-state index in [1.165, 1.54) is 24.8 Å².